The molecule has 0 saturated carbocycles. The van der Waals surface area contributed by atoms with Crippen molar-refractivity contribution in [2.75, 3.05) is 32.1 Å². The van der Waals surface area contributed by atoms with E-state index in [1.165, 1.54) is 19.2 Å². The lowest BCUT2D eigenvalue weighted by molar-refractivity contribution is -0.274. The second-order valence-electron chi connectivity index (χ2n) is 9.59. The number of benzene rings is 3. The van der Waals surface area contributed by atoms with Gasteiger partial charge in [-0.25, -0.2) is 13.3 Å². The number of alkyl halides is 3. The van der Waals surface area contributed by atoms with Crippen LogP contribution in [0, 0.1) is 0 Å². The van der Waals surface area contributed by atoms with Crippen LogP contribution in [-0.4, -0.2) is 54.6 Å². The van der Waals surface area contributed by atoms with Gasteiger partial charge in [-0.3, -0.25) is 9.69 Å². The molecule has 11 heteroatoms. The number of nitrogens with one attached hydrogen (secondary N) is 1. The molecule has 3 aromatic carbocycles. The highest BCUT2D eigenvalue weighted by atomic mass is 32.2. The van der Waals surface area contributed by atoms with Crippen molar-refractivity contribution in [3.05, 3.63) is 89.5 Å². The molecule has 5 rings (SSSR count). The smallest absolute Gasteiger partial charge is 0.406 e. The molecule has 1 fully saturated rings. The molecular formula is C28H29F3N4O3S. The lowest BCUT2D eigenvalue weighted by Gasteiger charge is -2.39. The van der Waals surface area contributed by atoms with Gasteiger partial charge in [-0.05, 0) is 66.9 Å². The van der Waals surface area contributed by atoms with Gasteiger partial charge in [-0.2, -0.15) is 0 Å². The maximum atomic E-state index is 13.8. The van der Waals surface area contributed by atoms with E-state index in [0.717, 1.165) is 48.3 Å². The van der Waals surface area contributed by atoms with Crippen LogP contribution in [0.4, 0.5) is 18.9 Å². The summed E-state index contributed by atoms with van der Waals surface area (Å²) in [5.41, 5.74) is 3.42. The van der Waals surface area contributed by atoms with Crippen molar-refractivity contribution in [1.82, 2.24) is 9.62 Å². The van der Waals surface area contributed by atoms with Crippen LogP contribution in [0.3, 0.4) is 0 Å². The van der Waals surface area contributed by atoms with Crippen molar-refractivity contribution >= 4 is 21.5 Å². The fraction of sp³-hybridized carbons (Fsp3) is 0.321. The fourth-order valence-corrected chi connectivity index (χ4v) is 7.02. The second kappa shape index (κ2) is 10.6. The standard InChI is InChI=1S/C28H29F3N4O3S/c1-32-39(37,21-15-13-20(14-16-21)38-28(29,30)31)33-19-8-7-17-35(18-19)26-22-9-3-4-10-23(22)27(36)34(2)25-12-6-5-11-24(25)26/h3-6,9-16,19,26H,7-8,17-18H2,1-2H3,(H,32,33,37). The number of likely N-dealkylation sites (tertiary alicyclic amines) is 1. The van der Waals surface area contributed by atoms with Crippen LogP contribution in [0.15, 0.2) is 82.1 Å². The number of anilines is 1. The zero-order valence-electron chi connectivity index (χ0n) is 21.5. The van der Waals surface area contributed by atoms with Crippen LogP contribution in [0.2, 0.25) is 0 Å². The Balaban J connectivity index is 1.44. The summed E-state index contributed by atoms with van der Waals surface area (Å²) < 4.78 is 62.8. The van der Waals surface area contributed by atoms with Crippen LogP contribution < -0.4 is 14.4 Å². The molecule has 0 aromatic heterocycles. The summed E-state index contributed by atoms with van der Waals surface area (Å²) in [7, 11) is 0.0910. The third kappa shape index (κ3) is 5.52. The lowest BCUT2D eigenvalue weighted by atomic mass is 9.91. The Labute approximate surface area is 225 Å². The normalized spacial score (nSPS) is 21.4. The Hall–Kier alpha value is -3.41. The van der Waals surface area contributed by atoms with Gasteiger partial charge in [-0.15, -0.1) is 13.2 Å². The molecule has 2 aliphatic rings. The van der Waals surface area contributed by atoms with E-state index >= 15 is 0 Å². The lowest BCUT2D eigenvalue weighted by Crippen LogP contribution is -2.48. The summed E-state index contributed by atoms with van der Waals surface area (Å²) in [6.07, 6.45) is -3.25. The Kier molecular flexibility index (Phi) is 7.41. The first-order valence-electron chi connectivity index (χ1n) is 12.6. The van der Waals surface area contributed by atoms with Gasteiger partial charge < -0.3 is 9.64 Å². The third-order valence-electron chi connectivity index (χ3n) is 7.16. The second-order valence-corrected chi connectivity index (χ2v) is 11.7. The average Bonchev–Trinajstić information content (AvgIpc) is 3.01. The van der Waals surface area contributed by atoms with Crippen molar-refractivity contribution in [2.45, 2.75) is 36.2 Å². The van der Waals surface area contributed by atoms with Gasteiger partial charge in [0.05, 0.1) is 10.9 Å². The van der Waals surface area contributed by atoms with Crippen LogP contribution in [0.1, 0.15) is 40.4 Å². The Morgan fingerprint density at radius 2 is 1.67 bits per heavy atom. The average molecular weight is 559 g/mol. The molecule has 2 heterocycles. The molecule has 0 spiro atoms. The summed E-state index contributed by atoms with van der Waals surface area (Å²) in [5.74, 6) is -0.462. The molecule has 0 aliphatic carbocycles. The number of piperidine rings is 1. The maximum absolute atomic E-state index is 13.8. The molecular weight excluding hydrogens is 529 g/mol. The fourth-order valence-electron chi connectivity index (χ4n) is 5.42. The van der Waals surface area contributed by atoms with Crippen LogP contribution >= 0.6 is 0 Å². The van der Waals surface area contributed by atoms with Crippen LogP contribution in [0.5, 0.6) is 5.75 Å². The number of hydrogen-bond donors (Lipinski definition) is 1. The Bertz CT molecular complexity index is 1490. The SMILES string of the molecule is CN=S(=O)(NC1CCCN(C2c3ccccc3C(=O)N(C)c3ccccc32)C1)c1ccc(OC(F)(F)F)cc1. The molecule has 39 heavy (non-hydrogen) atoms. The molecule has 3 aromatic rings. The van der Waals surface area contributed by atoms with Gasteiger partial charge in [0.2, 0.25) is 0 Å². The van der Waals surface area contributed by atoms with Crippen LogP contribution in [-0.2, 0) is 9.92 Å². The van der Waals surface area contributed by atoms with Crippen molar-refractivity contribution in [1.29, 1.82) is 0 Å². The van der Waals surface area contributed by atoms with Gasteiger partial charge in [0, 0.05) is 37.9 Å². The van der Waals surface area contributed by atoms with Crippen molar-refractivity contribution in [3.63, 3.8) is 0 Å². The van der Waals surface area contributed by atoms with Gasteiger partial charge in [0.15, 0.2) is 0 Å². The molecule has 1 amide bonds. The van der Waals surface area contributed by atoms with Gasteiger partial charge in [0.25, 0.3) is 5.91 Å². The molecule has 1 saturated heterocycles. The topological polar surface area (TPSA) is 74.2 Å². The molecule has 7 nitrogen and oxygen atoms in total. The van der Waals surface area contributed by atoms with Gasteiger partial charge >= 0.3 is 6.36 Å². The minimum absolute atomic E-state index is 0.0713. The van der Waals surface area contributed by atoms with Crippen molar-refractivity contribution in [2.24, 2.45) is 4.36 Å². The monoisotopic (exact) mass is 558 g/mol. The van der Waals surface area contributed by atoms with Crippen LogP contribution in [0.25, 0.3) is 0 Å². The molecule has 3 atom stereocenters. The van der Waals surface area contributed by atoms with E-state index in [1.54, 1.807) is 11.9 Å². The number of carbonyl (C=O) groups excluding carboxylic acids is 1. The first-order valence-corrected chi connectivity index (χ1v) is 14.1. The van der Waals surface area contributed by atoms with E-state index in [4.69, 9.17) is 0 Å². The number of carbonyl (C=O) groups is 1. The molecule has 206 valence electrons. The van der Waals surface area contributed by atoms with E-state index in [2.05, 4.69) is 18.7 Å². The number of nitrogens with zero attached hydrogens (tertiary/aromatic N) is 3. The zero-order valence-corrected chi connectivity index (χ0v) is 22.3. The number of amides is 1. The van der Waals surface area contributed by atoms with Crippen molar-refractivity contribution < 1.29 is 26.9 Å². The largest absolute Gasteiger partial charge is 0.573 e. The maximum Gasteiger partial charge on any atom is 0.573 e. The van der Waals surface area contributed by atoms with Gasteiger partial charge in [0.1, 0.15) is 15.7 Å². The summed E-state index contributed by atoms with van der Waals surface area (Å²) in [6, 6.07) is 20.0. The molecule has 0 radical (unpaired) electrons. The number of halogens is 3. The minimum atomic E-state index is -4.81. The summed E-state index contributed by atoms with van der Waals surface area (Å²) >= 11 is 0. The molecule has 0 bridgehead atoms. The first-order chi connectivity index (χ1) is 18.6. The highest BCUT2D eigenvalue weighted by Crippen LogP contribution is 2.41. The number of hydrogen-bond acceptors (Lipinski definition) is 5. The van der Waals surface area contributed by atoms with Gasteiger partial charge in [-0.1, -0.05) is 36.4 Å². The highest BCUT2D eigenvalue weighted by molar-refractivity contribution is 7.91. The predicted molar refractivity (Wildman–Crippen MR) is 143 cm³/mol. The Morgan fingerprint density at radius 3 is 2.36 bits per heavy atom. The molecule has 2 aliphatic heterocycles. The van der Waals surface area contributed by atoms with E-state index < -0.39 is 22.0 Å². The quantitative estimate of drug-likeness (QED) is 0.456. The number of fused-ring (bicyclic) bond motifs is 2. The minimum Gasteiger partial charge on any atom is -0.406 e. The molecule has 3 unspecified atom stereocenters. The summed E-state index contributed by atoms with van der Waals surface area (Å²) in [5, 5.41) is 0. The summed E-state index contributed by atoms with van der Waals surface area (Å²) in [4.78, 5) is 17.6. The summed E-state index contributed by atoms with van der Waals surface area (Å²) in [6.45, 7) is 1.31. The van der Waals surface area contributed by atoms with E-state index in [1.807, 2.05) is 48.5 Å². The first kappa shape index (κ1) is 27.2. The van der Waals surface area contributed by atoms with E-state index in [9.17, 15) is 22.2 Å². The highest BCUT2D eigenvalue weighted by Gasteiger charge is 2.36. The Morgan fingerprint density at radius 1 is 1.00 bits per heavy atom. The van der Waals surface area contributed by atoms with Crippen molar-refractivity contribution in [3.8, 4) is 5.75 Å². The number of rotatable bonds is 5. The third-order valence-corrected chi connectivity index (χ3v) is 9.24. The predicted octanol–water partition coefficient (Wildman–Crippen LogP) is 5.39. The van der Waals surface area contributed by atoms with E-state index in [0.29, 0.717) is 12.1 Å². The molecule has 1 N–H and O–H groups in total. The van der Waals surface area contributed by atoms with E-state index in [-0.39, 0.29) is 22.9 Å². The zero-order chi connectivity index (χ0) is 27.8. The number of para-hydroxylation sites is 1. The number of ether oxygens (including phenoxy) is 1.